The number of alkyl halides is 3. The van der Waals surface area contributed by atoms with Gasteiger partial charge in [0.2, 0.25) is 0 Å². The van der Waals surface area contributed by atoms with Gasteiger partial charge in [-0.1, -0.05) is 12.1 Å². The normalized spacial score (nSPS) is 16.5. The van der Waals surface area contributed by atoms with E-state index in [1.807, 2.05) is 0 Å². The van der Waals surface area contributed by atoms with E-state index in [9.17, 15) is 18.3 Å². The fraction of sp³-hybridized carbons (Fsp3) is 0.438. The van der Waals surface area contributed by atoms with Crippen molar-refractivity contribution in [2.24, 2.45) is 0 Å². The zero-order chi connectivity index (χ0) is 17.2. The summed E-state index contributed by atoms with van der Waals surface area (Å²) in [5.41, 5.74) is 0.435. The summed E-state index contributed by atoms with van der Waals surface area (Å²) >= 11 is 1.23. The Bertz CT molecular complexity index is 697. The maximum atomic E-state index is 12.9. The fourth-order valence-corrected chi connectivity index (χ4v) is 3.48. The van der Waals surface area contributed by atoms with Crippen LogP contribution in [0.2, 0.25) is 0 Å². The molecular weight excluding hydrogens is 341 g/mol. The molecule has 1 aliphatic heterocycles. The molecule has 130 valence electrons. The molecule has 1 aromatic heterocycles. The molecule has 1 aliphatic rings. The molecule has 24 heavy (non-hydrogen) atoms. The first-order chi connectivity index (χ1) is 11.5. The summed E-state index contributed by atoms with van der Waals surface area (Å²) in [7, 11) is 0. The largest absolute Gasteiger partial charge is 0.416 e. The summed E-state index contributed by atoms with van der Waals surface area (Å²) < 4.78 is 43.9. The van der Waals surface area contributed by atoms with Crippen LogP contribution in [-0.4, -0.2) is 41.3 Å². The molecule has 0 unspecified atom stereocenters. The predicted octanol–water partition coefficient (Wildman–Crippen LogP) is 3.15. The van der Waals surface area contributed by atoms with Crippen LogP contribution in [0, 0.1) is 0 Å². The first-order valence-corrected chi connectivity index (χ1v) is 8.36. The highest BCUT2D eigenvalue weighted by molar-refractivity contribution is 7.15. The summed E-state index contributed by atoms with van der Waals surface area (Å²) in [6.45, 7) is 3.26. The van der Waals surface area contributed by atoms with Crippen molar-refractivity contribution in [2.75, 3.05) is 26.3 Å². The van der Waals surface area contributed by atoms with Crippen molar-refractivity contribution in [3.63, 3.8) is 0 Å². The average Bonchev–Trinajstić information content (AvgIpc) is 2.98. The number of aromatic nitrogens is 1. The van der Waals surface area contributed by atoms with Crippen LogP contribution in [0.4, 0.5) is 13.2 Å². The zero-order valence-corrected chi connectivity index (χ0v) is 13.7. The standard InChI is InChI=1S/C16H17F3N2O2S/c17-16(18,19)12-3-1-2-11(8-12)15-20-13(14(10-22)24-15)9-21-4-6-23-7-5-21/h1-3,8,22H,4-7,9-10H2. The van der Waals surface area contributed by atoms with Crippen molar-refractivity contribution < 1.29 is 23.0 Å². The number of nitrogens with zero attached hydrogens (tertiary/aromatic N) is 2. The van der Waals surface area contributed by atoms with Gasteiger partial charge in [-0.25, -0.2) is 4.98 Å². The third kappa shape index (κ3) is 3.94. The molecule has 0 amide bonds. The van der Waals surface area contributed by atoms with Gasteiger partial charge in [-0.2, -0.15) is 13.2 Å². The molecule has 0 radical (unpaired) electrons. The molecule has 0 aliphatic carbocycles. The number of hydrogen-bond acceptors (Lipinski definition) is 5. The van der Waals surface area contributed by atoms with Crippen LogP contribution in [-0.2, 0) is 24.1 Å². The quantitative estimate of drug-likeness (QED) is 0.912. The molecule has 1 fully saturated rings. The van der Waals surface area contributed by atoms with E-state index in [-0.39, 0.29) is 6.61 Å². The molecule has 2 heterocycles. The molecular formula is C16H17F3N2O2S. The second-order valence-corrected chi connectivity index (χ2v) is 6.60. The molecule has 1 aromatic carbocycles. The lowest BCUT2D eigenvalue weighted by atomic mass is 10.1. The predicted molar refractivity (Wildman–Crippen MR) is 84.6 cm³/mol. The number of halogens is 3. The number of aliphatic hydroxyl groups excluding tert-OH is 1. The van der Waals surface area contributed by atoms with Crippen LogP contribution >= 0.6 is 11.3 Å². The van der Waals surface area contributed by atoms with Gasteiger partial charge >= 0.3 is 6.18 Å². The second-order valence-electron chi connectivity index (χ2n) is 5.51. The Morgan fingerprint density at radius 1 is 1.25 bits per heavy atom. The molecule has 2 aromatic rings. The lowest BCUT2D eigenvalue weighted by Gasteiger charge is -2.26. The number of morpholine rings is 1. The number of ether oxygens (including phenoxy) is 1. The van der Waals surface area contributed by atoms with E-state index in [0.717, 1.165) is 30.9 Å². The van der Waals surface area contributed by atoms with Gasteiger partial charge in [-0.15, -0.1) is 11.3 Å². The van der Waals surface area contributed by atoms with E-state index in [0.29, 0.717) is 35.2 Å². The smallest absolute Gasteiger partial charge is 0.391 e. The van der Waals surface area contributed by atoms with Crippen LogP contribution in [0.3, 0.4) is 0 Å². The molecule has 0 saturated carbocycles. The Morgan fingerprint density at radius 3 is 2.67 bits per heavy atom. The lowest BCUT2D eigenvalue weighted by molar-refractivity contribution is -0.137. The van der Waals surface area contributed by atoms with Crippen LogP contribution < -0.4 is 0 Å². The van der Waals surface area contributed by atoms with Crippen molar-refractivity contribution >= 4 is 11.3 Å². The molecule has 4 nitrogen and oxygen atoms in total. The van der Waals surface area contributed by atoms with E-state index < -0.39 is 11.7 Å². The lowest BCUT2D eigenvalue weighted by Crippen LogP contribution is -2.35. The minimum atomic E-state index is -4.39. The summed E-state index contributed by atoms with van der Waals surface area (Å²) in [5.74, 6) is 0. The highest BCUT2D eigenvalue weighted by atomic mass is 32.1. The summed E-state index contributed by atoms with van der Waals surface area (Å²) in [6, 6.07) is 5.12. The molecule has 0 atom stereocenters. The SMILES string of the molecule is OCc1sc(-c2cccc(C(F)(F)F)c2)nc1CN1CCOCC1. The van der Waals surface area contributed by atoms with Crippen LogP contribution in [0.25, 0.3) is 10.6 Å². The van der Waals surface area contributed by atoms with Gasteiger partial charge in [-0.3, -0.25) is 4.90 Å². The Balaban J connectivity index is 1.86. The van der Waals surface area contributed by atoms with Crippen molar-refractivity contribution in [3.8, 4) is 10.6 Å². The van der Waals surface area contributed by atoms with E-state index >= 15 is 0 Å². The van der Waals surface area contributed by atoms with E-state index in [1.165, 1.54) is 17.4 Å². The third-order valence-corrected chi connectivity index (χ3v) is 4.97. The number of hydrogen-bond donors (Lipinski definition) is 1. The van der Waals surface area contributed by atoms with Crippen LogP contribution in [0.5, 0.6) is 0 Å². The first-order valence-electron chi connectivity index (χ1n) is 7.54. The highest BCUT2D eigenvalue weighted by Gasteiger charge is 2.30. The average molecular weight is 358 g/mol. The summed E-state index contributed by atoms with van der Waals surface area (Å²) in [5, 5.41) is 10.0. The van der Waals surface area contributed by atoms with Crippen molar-refractivity contribution in [1.82, 2.24) is 9.88 Å². The topological polar surface area (TPSA) is 45.6 Å². The molecule has 0 spiro atoms. The summed E-state index contributed by atoms with van der Waals surface area (Å²) in [6.07, 6.45) is -4.39. The molecule has 0 bridgehead atoms. The zero-order valence-electron chi connectivity index (χ0n) is 12.8. The fourth-order valence-electron chi connectivity index (χ4n) is 2.55. The number of benzene rings is 1. The monoisotopic (exact) mass is 358 g/mol. The van der Waals surface area contributed by atoms with Crippen molar-refractivity contribution in [1.29, 1.82) is 0 Å². The third-order valence-electron chi connectivity index (χ3n) is 3.84. The van der Waals surface area contributed by atoms with Gasteiger partial charge in [0.25, 0.3) is 0 Å². The maximum Gasteiger partial charge on any atom is 0.416 e. The molecule has 8 heteroatoms. The van der Waals surface area contributed by atoms with Crippen LogP contribution in [0.1, 0.15) is 16.1 Å². The first kappa shape index (κ1) is 17.3. The second kappa shape index (κ2) is 7.18. The Hall–Kier alpha value is -1.48. The van der Waals surface area contributed by atoms with E-state index in [2.05, 4.69) is 9.88 Å². The number of rotatable bonds is 4. The van der Waals surface area contributed by atoms with Gasteiger partial charge in [0, 0.05) is 25.2 Å². The highest BCUT2D eigenvalue weighted by Crippen LogP contribution is 2.34. The van der Waals surface area contributed by atoms with E-state index in [4.69, 9.17) is 4.74 Å². The van der Waals surface area contributed by atoms with Crippen molar-refractivity contribution in [3.05, 3.63) is 40.4 Å². The van der Waals surface area contributed by atoms with Gasteiger partial charge < -0.3 is 9.84 Å². The molecule has 1 saturated heterocycles. The maximum absolute atomic E-state index is 12.9. The minimum absolute atomic E-state index is 0.170. The minimum Gasteiger partial charge on any atom is -0.391 e. The Kier molecular flexibility index (Phi) is 5.19. The number of aliphatic hydroxyl groups is 1. The molecule has 1 N–H and O–H groups in total. The van der Waals surface area contributed by atoms with Crippen LogP contribution in [0.15, 0.2) is 24.3 Å². The van der Waals surface area contributed by atoms with Gasteiger partial charge in [-0.05, 0) is 12.1 Å². The Morgan fingerprint density at radius 2 is 2.00 bits per heavy atom. The van der Waals surface area contributed by atoms with Gasteiger partial charge in [0.15, 0.2) is 0 Å². The molecule has 3 rings (SSSR count). The number of thiazole rings is 1. The Labute approximate surface area is 141 Å². The van der Waals surface area contributed by atoms with E-state index in [1.54, 1.807) is 6.07 Å². The van der Waals surface area contributed by atoms with Gasteiger partial charge in [0.05, 0.1) is 36.0 Å². The summed E-state index contributed by atoms with van der Waals surface area (Å²) in [4.78, 5) is 7.33. The van der Waals surface area contributed by atoms with Crippen molar-refractivity contribution in [2.45, 2.75) is 19.3 Å². The van der Waals surface area contributed by atoms with Gasteiger partial charge in [0.1, 0.15) is 5.01 Å².